The minimum Gasteiger partial charge on any atom is -0.380 e. The highest BCUT2D eigenvalue weighted by Crippen LogP contribution is 2.29. The van der Waals surface area contributed by atoms with Crippen LogP contribution in [0.3, 0.4) is 0 Å². The Kier molecular flexibility index (Phi) is 2.93. The van der Waals surface area contributed by atoms with Gasteiger partial charge in [-0.05, 0) is 19.3 Å². The van der Waals surface area contributed by atoms with Crippen LogP contribution in [0.15, 0.2) is 12.2 Å². The van der Waals surface area contributed by atoms with Crippen molar-refractivity contribution in [3.05, 3.63) is 12.2 Å². The lowest BCUT2D eigenvalue weighted by atomic mass is 9.94. The molecule has 0 aromatic carbocycles. The minimum atomic E-state index is 0.394. The Morgan fingerprint density at radius 2 is 2.40 bits per heavy atom. The second-order valence-corrected chi connectivity index (χ2v) is 3.96. The molecule has 0 heterocycles. The van der Waals surface area contributed by atoms with Crippen LogP contribution in [0.5, 0.6) is 0 Å². The summed E-state index contributed by atoms with van der Waals surface area (Å²) in [6, 6.07) is 0. The van der Waals surface area contributed by atoms with Gasteiger partial charge in [0.1, 0.15) is 0 Å². The fourth-order valence-corrected chi connectivity index (χ4v) is 2.24. The monoisotopic (exact) mass is 204 g/mol. The van der Waals surface area contributed by atoms with Crippen molar-refractivity contribution in [2.45, 2.75) is 30.2 Å². The van der Waals surface area contributed by atoms with E-state index in [2.05, 4.69) is 22.5 Å². The molecule has 1 aliphatic carbocycles. The standard InChI is InChI=1S/C8H13BrO/c1-6-3-4-8(10-2)7(9)5-6/h7-8H,1,3-5H2,2H3. The lowest BCUT2D eigenvalue weighted by molar-refractivity contribution is 0.0869. The van der Waals surface area contributed by atoms with Crippen LogP contribution >= 0.6 is 15.9 Å². The molecule has 0 aliphatic heterocycles. The number of methoxy groups -OCH3 is 1. The first-order valence-electron chi connectivity index (χ1n) is 3.57. The zero-order chi connectivity index (χ0) is 7.56. The van der Waals surface area contributed by atoms with Crippen molar-refractivity contribution < 1.29 is 4.74 Å². The maximum absolute atomic E-state index is 5.26. The summed E-state index contributed by atoms with van der Waals surface area (Å²) in [5.41, 5.74) is 1.34. The second-order valence-electron chi connectivity index (χ2n) is 2.78. The fraction of sp³-hybridized carbons (Fsp3) is 0.750. The van der Waals surface area contributed by atoms with Crippen LogP contribution in [-0.4, -0.2) is 18.0 Å². The molecule has 2 atom stereocenters. The minimum absolute atomic E-state index is 0.394. The van der Waals surface area contributed by atoms with E-state index in [1.54, 1.807) is 7.11 Å². The average Bonchev–Trinajstić information content (AvgIpc) is 1.88. The molecule has 1 nitrogen and oxygen atoms in total. The third-order valence-corrected chi connectivity index (χ3v) is 2.89. The third kappa shape index (κ3) is 1.83. The molecule has 0 amide bonds. The Hall–Kier alpha value is 0.180. The van der Waals surface area contributed by atoms with Crippen molar-refractivity contribution in [1.82, 2.24) is 0 Å². The van der Waals surface area contributed by atoms with Gasteiger partial charge >= 0.3 is 0 Å². The summed E-state index contributed by atoms with van der Waals surface area (Å²) in [6.07, 6.45) is 3.70. The molecule has 0 radical (unpaired) electrons. The Morgan fingerprint density at radius 1 is 1.70 bits per heavy atom. The fourth-order valence-electron chi connectivity index (χ4n) is 1.30. The van der Waals surface area contributed by atoms with Crippen LogP contribution in [0, 0.1) is 0 Å². The lowest BCUT2D eigenvalue weighted by Crippen LogP contribution is -2.27. The SMILES string of the molecule is C=C1CCC(OC)C(Br)C1. The van der Waals surface area contributed by atoms with E-state index in [-0.39, 0.29) is 0 Å². The molecule has 1 rings (SSSR count). The molecule has 0 bridgehead atoms. The number of hydrogen-bond donors (Lipinski definition) is 0. The van der Waals surface area contributed by atoms with Crippen LogP contribution in [0.2, 0.25) is 0 Å². The smallest absolute Gasteiger partial charge is 0.0702 e. The van der Waals surface area contributed by atoms with E-state index in [9.17, 15) is 0 Å². The highest BCUT2D eigenvalue weighted by molar-refractivity contribution is 9.09. The molecule has 58 valence electrons. The van der Waals surface area contributed by atoms with E-state index in [0.29, 0.717) is 10.9 Å². The van der Waals surface area contributed by atoms with E-state index in [0.717, 1.165) is 19.3 Å². The molecule has 0 aromatic rings. The van der Waals surface area contributed by atoms with Crippen molar-refractivity contribution >= 4 is 15.9 Å². The molecule has 2 unspecified atom stereocenters. The molecule has 1 saturated carbocycles. The van der Waals surface area contributed by atoms with Crippen LogP contribution < -0.4 is 0 Å². The lowest BCUT2D eigenvalue weighted by Gasteiger charge is -2.27. The number of alkyl halides is 1. The molecular weight excluding hydrogens is 192 g/mol. The van der Waals surface area contributed by atoms with Crippen molar-refractivity contribution in [3.63, 3.8) is 0 Å². The highest BCUT2D eigenvalue weighted by atomic mass is 79.9. The summed E-state index contributed by atoms with van der Waals surface area (Å²) in [4.78, 5) is 0.485. The van der Waals surface area contributed by atoms with Crippen LogP contribution in [0.1, 0.15) is 19.3 Å². The Bertz CT molecular complexity index is 133. The third-order valence-electron chi connectivity index (χ3n) is 1.97. The number of allylic oxidation sites excluding steroid dienone is 1. The van der Waals surface area contributed by atoms with E-state index in [1.807, 2.05) is 0 Å². The number of halogens is 1. The van der Waals surface area contributed by atoms with Crippen molar-refractivity contribution in [3.8, 4) is 0 Å². The Labute approximate surface area is 70.6 Å². The molecule has 0 spiro atoms. The molecule has 1 fully saturated rings. The van der Waals surface area contributed by atoms with Gasteiger partial charge in [-0.25, -0.2) is 0 Å². The first-order chi connectivity index (χ1) is 4.74. The van der Waals surface area contributed by atoms with Crippen LogP contribution in [0.25, 0.3) is 0 Å². The summed E-state index contributed by atoms with van der Waals surface area (Å²) in [6.45, 7) is 3.95. The van der Waals surface area contributed by atoms with Gasteiger partial charge in [0, 0.05) is 11.9 Å². The molecule has 0 saturated heterocycles. The molecular formula is C8H13BrO. The Morgan fingerprint density at radius 3 is 2.90 bits per heavy atom. The van der Waals surface area contributed by atoms with Gasteiger partial charge in [-0.3, -0.25) is 0 Å². The predicted octanol–water partition coefficient (Wildman–Crippen LogP) is 2.51. The van der Waals surface area contributed by atoms with E-state index >= 15 is 0 Å². The van der Waals surface area contributed by atoms with E-state index in [1.165, 1.54) is 5.57 Å². The molecule has 0 N–H and O–H groups in total. The van der Waals surface area contributed by atoms with Crippen LogP contribution in [0.4, 0.5) is 0 Å². The predicted molar refractivity (Wildman–Crippen MR) is 46.5 cm³/mol. The maximum atomic E-state index is 5.26. The van der Waals surface area contributed by atoms with Gasteiger partial charge in [0.05, 0.1) is 6.10 Å². The number of hydrogen-bond acceptors (Lipinski definition) is 1. The Balaban J connectivity index is 2.43. The quantitative estimate of drug-likeness (QED) is 0.472. The van der Waals surface area contributed by atoms with Crippen molar-refractivity contribution in [2.24, 2.45) is 0 Å². The summed E-state index contributed by atoms with van der Waals surface area (Å²) in [7, 11) is 1.77. The van der Waals surface area contributed by atoms with Gasteiger partial charge in [0.25, 0.3) is 0 Å². The topological polar surface area (TPSA) is 9.23 Å². The van der Waals surface area contributed by atoms with Gasteiger partial charge in [0.15, 0.2) is 0 Å². The second kappa shape index (κ2) is 3.54. The largest absolute Gasteiger partial charge is 0.380 e. The van der Waals surface area contributed by atoms with Crippen molar-refractivity contribution in [1.29, 1.82) is 0 Å². The van der Waals surface area contributed by atoms with Gasteiger partial charge in [0.2, 0.25) is 0 Å². The van der Waals surface area contributed by atoms with Gasteiger partial charge in [-0.2, -0.15) is 0 Å². The van der Waals surface area contributed by atoms with Crippen LogP contribution in [-0.2, 0) is 4.74 Å². The van der Waals surface area contributed by atoms with E-state index < -0.39 is 0 Å². The van der Waals surface area contributed by atoms with Gasteiger partial charge in [-0.1, -0.05) is 28.1 Å². The summed E-state index contributed by atoms with van der Waals surface area (Å²) in [5, 5.41) is 0. The molecule has 1 aliphatic rings. The van der Waals surface area contributed by atoms with Gasteiger partial charge < -0.3 is 4.74 Å². The van der Waals surface area contributed by atoms with E-state index in [4.69, 9.17) is 4.74 Å². The maximum Gasteiger partial charge on any atom is 0.0702 e. The number of ether oxygens (including phenoxy) is 1. The van der Waals surface area contributed by atoms with Crippen molar-refractivity contribution in [2.75, 3.05) is 7.11 Å². The average molecular weight is 205 g/mol. The molecule has 2 heteroatoms. The van der Waals surface area contributed by atoms with Gasteiger partial charge in [-0.15, -0.1) is 0 Å². The number of rotatable bonds is 1. The molecule has 10 heavy (non-hydrogen) atoms. The zero-order valence-corrected chi connectivity index (χ0v) is 7.86. The zero-order valence-electron chi connectivity index (χ0n) is 6.27. The highest BCUT2D eigenvalue weighted by Gasteiger charge is 2.23. The normalized spacial score (nSPS) is 34.4. The summed E-state index contributed by atoms with van der Waals surface area (Å²) in [5.74, 6) is 0. The first kappa shape index (κ1) is 8.28. The first-order valence-corrected chi connectivity index (χ1v) is 4.49. The molecule has 0 aromatic heterocycles. The summed E-state index contributed by atoms with van der Waals surface area (Å²) >= 11 is 3.57. The summed E-state index contributed by atoms with van der Waals surface area (Å²) < 4.78 is 5.26.